The summed E-state index contributed by atoms with van der Waals surface area (Å²) in [6.07, 6.45) is 0.0124. The van der Waals surface area contributed by atoms with Crippen molar-refractivity contribution >= 4 is 15.9 Å². The van der Waals surface area contributed by atoms with Crippen LogP contribution in [-0.4, -0.2) is 39.9 Å². The first-order chi connectivity index (χ1) is 9.27. The first-order valence-corrected chi connectivity index (χ1v) is 7.15. The largest absolute Gasteiger partial charge is 0.349 e. The molecule has 0 atom stereocenters. The summed E-state index contributed by atoms with van der Waals surface area (Å²) in [5, 5.41) is 8.66. The van der Waals surface area contributed by atoms with E-state index in [4.69, 9.17) is 5.26 Å². The molecule has 1 rings (SSSR count). The molecule has 1 aromatic rings. The average molecular weight is 299 g/mol. The van der Waals surface area contributed by atoms with Crippen molar-refractivity contribution in [2.75, 3.05) is 20.6 Å². The lowest BCUT2D eigenvalue weighted by atomic mass is 10.2. The molecule has 108 valence electrons. The molecule has 0 saturated carbocycles. The molecule has 20 heavy (non-hydrogen) atoms. The molecule has 1 N–H and O–H groups in total. The summed E-state index contributed by atoms with van der Waals surface area (Å²) in [5.41, 5.74) is -0.350. The molecule has 1 aromatic carbocycles. The topological polar surface area (TPSA) is 90.3 Å². The van der Waals surface area contributed by atoms with E-state index in [0.717, 1.165) is 18.2 Å². The average Bonchev–Trinajstić information content (AvgIpc) is 2.38. The second-order valence-electron chi connectivity index (χ2n) is 4.19. The molecule has 0 bridgehead atoms. The molecule has 0 heterocycles. The Morgan fingerprint density at radius 1 is 1.45 bits per heavy atom. The van der Waals surface area contributed by atoms with Crippen molar-refractivity contribution in [2.24, 2.45) is 0 Å². The first-order valence-electron chi connectivity index (χ1n) is 5.67. The van der Waals surface area contributed by atoms with Crippen LogP contribution in [0.1, 0.15) is 12.0 Å². The molecule has 0 unspecified atom stereocenters. The third-order valence-electron chi connectivity index (χ3n) is 2.50. The molecule has 8 heteroatoms. The van der Waals surface area contributed by atoms with Crippen molar-refractivity contribution in [3.8, 4) is 6.07 Å². The van der Waals surface area contributed by atoms with Gasteiger partial charge in [0.2, 0.25) is 15.9 Å². The molecule has 0 aliphatic rings. The Labute approximate surface area is 116 Å². The Kier molecular flexibility index (Phi) is 5.19. The third kappa shape index (κ3) is 4.01. The van der Waals surface area contributed by atoms with E-state index in [1.54, 1.807) is 20.2 Å². The minimum atomic E-state index is -3.87. The smallest absolute Gasteiger partial charge is 0.240 e. The van der Waals surface area contributed by atoms with Crippen molar-refractivity contribution in [1.29, 1.82) is 5.26 Å². The number of carbonyl (C=O) groups excluding carboxylic acids is 1. The number of nitrogens with one attached hydrogen (secondary N) is 1. The lowest BCUT2D eigenvalue weighted by Gasteiger charge is -2.11. The molecule has 0 aliphatic carbocycles. The molecule has 0 saturated heterocycles. The molecule has 1 amide bonds. The summed E-state index contributed by atoms with van der Waals surface area (Å²) in [6, 6.07) is 4.50. The number of carbonyl (C=O) groups is 1. The molecule has 0 spiro atoms. The summed E-state index contributed by atoms with van der Waals surface area (Å²) >= 11 is 0. The highest BCUT2D eigenvalue weighted by Crippen LogP contribution is 2.14. The highest BCUT2D eigenvalue weighted by Gasteiger charge is 2.16. The predicted octanol–water partition coefficient (Wildman–Crippen LogP) is 0.454. The van der Waals surface area contributed by atoms with E-state index in [2.05, 4.69) is 4.72 Å². The van der Waals surface area contributed by atoms with E-state index >= 15 is 0 Å². The number of halogens is 1. The van der Waals surface area contributed by atoms with Crippen LogP contribution in [0.2, 0.25) is 0 Å². The Bertz CT molecular complexity index is 650. The second-order valence-corrected chi connectivity index (χ2v) is 5.96. The quantitative estimate of drug-likeness (QED) is 0.855. The number of nitrogens with zero attached hydrogens (tertiary/aromatic N) is 2. The van der Waals surface area contributed by atoms with Crippen molar-refractivity contribution in [3.05, 3.63) is 29.6 Å². The van der Waals surface area contributed by atoms with Gasteiger partial charge in [0.05, 0.1) is 10.5 Å². The Balaban J connectivity index is 2.80. The van der Waals surface area contributed by atoms with Crippen molar-refractivity contribution < 1.29 is 17.6 Å². The van der Waals surface area contributed by atoms with Crippen molar-refractivity contribution in [1.82, 2.24) is 9.62 Å². The molecular formula is C12H14FN3O3S. The minimum Gasteiger partial charge on any atom is -0.349 e. The van der Waals surface area contributed by atoms with E-state index in [-0.39, 0.29) is 29.3 Å². The zero-order valence-electron chi connectivity index (χ0n) is 11.1. The molecule has 6 nitrogen and oxygen atoms in total. The Morgan fingerprint density at radius 2 is 2.10 bits per heavy atom. The van der Waals surface area contributed by atoms with Crippen LogP contribution >= 0.6 is 0 Å². The van der Waals surface area contributed by atoms with E-state index in [0.29, 0.717) is 0 Å². The summed E-state index contributed by atoms with van der Waals surface area (Å²) in [6.45, 7) is -0.0708. The second kappa shape index (κ2) is 6.45. The monoisotopic (exact) mass is 299 g/mol. The van der Waals surface area contributed by atoms with Gasteiger partial charge in [0.1, 0.15) is 11.9 Å². The SMILES string of the molecule is CN(C)C(=O)CCNS(=O)(=O)c1ccc(F)c(C#N)c1. The van der Waals surface area contributed by atoms with Crippen LogP contribution in [-0.2, 0) is 14.8 Å². The number of benzene rings is 1. The predicted molar refractivity (Wildman–Crippen MR) is 69.6 cm³/mol. The van der Waals surface area contributed by atoms with Crippen LogP contribution < -0.4 is 4.72 Å². The maximum Gasteiger partial charge on any atom is 0.240 e. The lowest BCUT2D eigenvalue weighted by molar-refractivity contribution is -0.128. The fourth-order valence-electron chi connectivity index (χ4n) is 1.36. The standard InChI is InChI=1S/C12H14FN3O3S/c1-16(2)12(17)5-6-15-20(18,19)10-3-4-11(13)9(7-10)8-14/h3-4,7,15H,5-6H2,1-2H3. The fraction of sp³-hybridized carbons (Fsp3) is 0.333. The van der Waals surface area contributed by atoms with Crippen LogP contribution in [0, 0.1) is 17.1 Å². The van der Waals surface area contributed by atoms with Gasteiger partial charge >= 0.3 is 0 Å². The summed E-state index contributed by atoms with van der Waals surface area (Å²) in [7, 11) is -0.739. The van der Waals surface area contributed by atoms with E-state index in [1.807, 2.05) is 0 Å². The fourth-order valence-corrected chi connectivity index (χ4v) is 2.41. The number of hydrogen-bond donors (Lipinski definition) is 1. The van der Waals surface area contributed by atoms with Gasteiger partial charge in [-0.05, 0) is 18.2 Å². The van der Waals surface area contributed by atoms with Crippen LogP contribution in [0.3, 0.4) is 0 Å². The number of sulfonamides is 1. The number of nitriles is 1. The van der Waals surface area contributed by atoms with E-state index in [9.17, 15) is 17.6 Å². The molecule has 0 fully saturated rings. The third-order valence-corrected chi connectivity index (χ3v) is 3.96. The van der Waals surface area contributed by atoms with Gasteiger partial charge in [-0.25, -0.2) is 17.5 Å². The van der Waals surface area contributed by atoms with Gasteiger partial charge in [0.15, 0.2) is 0 Å². The maximum absolute atomic E-state index is 13.1. The lowest BCUT2D eigenvalue weighted by Crippen LogP contribution is -2.30. The van der Waals surface area contributed by atoms with Gasteiger partial charge in [-0.2, -0.15) is 5.26 Å². The van der Waals surface area contributed by atoms with Crippen molar-refractivity contribution in [2.45, 2.75) is 11.3 Å². The van der Waals surface area contributed by atoms with Crippen LogP contribution in [0.5, 0.6) is 0 Å². The normalized spacial score (nSPS) is 10.9. The van der Waals surface area contributed by atoms with Gasteiger partial charge in [-0.1, -0.05) is 0 Å². The van der Waals surface area contributed by atoms with Gasteiger partial charge in [0, 0.05) is 27.1 Å². The first kappa shape index (κ1) is 16.1. The summed E-state index contributed by atoms with van der Waals surface area (Å²) in [4.78, 5) is 12.4. The zero-order chi connectivity index (χ0) is 15.3. The van der Waals surface area contributed by atoms with E-state index in [1.165, 1.54) is 4.90 Å². The number of amides is 1. The number of rotatable bonds is 5. The molecule has 0 aliphatic heterocycles. The van der Waals surface area contributed by atoms with Gasteiger partial charge in [0.25, 0.3) is 0 Å². The number of hydrogen-bond acceptors (Lipinski definition) is 4. The molecular weight excluding hydrogens is 285 g/mol. The highest BCUT2D eigenvalue weighted by molar-refractivity contribution is 7.89. The van der Waals surface area contributed by atoms with E-state index < -0.39 is 15.8 Å². The van der Waals surface area contributed by atoms with Gasteiger partial charge in [-0.3, -0.25) is 4.79 Å². The highest BCUT2D eigenvalue weighted by atomic mass is 32.2. The summed E-state index contributed by atoms with van der Waals surface area (Å²) < 4.78 is 39.1. The Morgan fingerprint density at radius 3 is 2.65 bits per heavy atom. The summed E-state index contributed by atoms with van der Waals surface area (Å²) in [5.74, 6) is -1.00. The van der Waals surface area contributed by atoms with Crippen LogP contribution in [0.4, 0.5) is 4.39 Å². The van der Waals surface area contributed by atoms with Crippen molar-refractivity contribution in [3.63, 3.8) is 0 Å². The maximum atomic E-state index is 13.1. The van der Waals surface area contributed by atoms with Gasteiger partial charge in [-0.15, -0.1) is 0 Å². The van der Waals surface area contributed by atoms with Gasteiger partial charge < -0.3 is 4.90 Å². The molecule has 0 radical (unpaired) electrons. The minimum absolute atomic E-state index is 0.0124. The zero-order valence-corrected chi connectivity index (χ0v) is 11.9. The molecule has 0 aromatic heterocycles. The van der Waals surface area contributed by atoms with Crippen LogP contribution in [0.15, 0.2) is 23.1 Å². The van der Waals surface area contributed by atoms with Crippen LogP contribution in [0.25, 0.3) is 0 Å². The Hall–Kier alpha value is -1.98.